The molecule has 2 aromatic carbocycles. The second-order valence-electron chi connectivity index (χ2n) is 5.18. The van der Waals surface area contributed by atoms with Crippen LogP contribution in [0.1, 0.15) is 31.8 Å². The quantitative estimate of drug-likeness (QED) is 0.836. The van der Waals surface area contributed by atoms with Gasteiger partial charge in [-0.3, -0.25) is 9.59 Å². The predicted molar refractivity (Wildman–Crippen MR) is 84.0 cm³/mol. The minimum absolute atomic E-state index is 0.0544. The molecule has 0 bridgehead atoms. The van der Waals surface area contributed by atoms with Crippen LogP contribution in [-0.2, 0) is 6.42 Å². The summed E-state index contributed by atoms with van der Waals surface area (Å²) in [5.41, 5.74) is 3.31. The van der Waals surface area contributed by atoms with Crippen LogP contribution >= 0.6 is 0 Å². The van der Waals surface area contributed by atoms with Crippen molar-refractivity contribution in [1.29, 1.82) is 0 Å². The Morgan fingerprint density at radius 1 is 1.18 bits per heavy atom. The zero-order valence-corrected chi connectivity index (χ0v) is 12.1. The van der Waals surface area contributed by atoms with Crippen LogP contribution in [0.15, 0.2) is 48.0 Å². The first-order chi connectivity index (χ1) is 10.6. The lowest BCUT2D eigenvalue weighted by Gasteiger charge is -2.01. The van der Waals surface area contributed by atoms with Crippen molar-refractivity contribution in [3.8, 4) is 5.75 Å². The van der Waals surface area contributed by atoms with Crippen LogP contribution in [0.2, 0.25) is 0 Å². The number of rotatable bonds is 2. The highest BCUT2D eigenvalue weighted by atomic mass is 16.3. The number of carbonyl (C=O) groups excluding carboxylic acids is 2. The minimum atomic E-state index is -0.145. The number of hydrogen-bond acceptors (Lipinski definition) is 3. The SMILES string of the molecule is CNC(=O)c1ccc(/C=C2\Cc3c(O)cccc3C2=O)cc1. The summed E-state index contributed by atoms with van der Waals surface area (Å²) in [6, 6.07) is 12.0. The van der Waals surface area contributed by atoms with Crippen molar-refractivity contribution in [3.63, 3.8) is 0 Å². The fourth-order valence-electron chi connectivity index (χ4n) is 2.61. The van der Waals surface area contributed by atoms with Crippen LogP contribution < -0.4 is 5.32 Å². The average Bonchev–Trinajstić information content (AvgIpc) is 2.85. The topological polar surface area (TPSA) is 66.4 Å². The van der Waals surface area contributed by atoms with Crippen molar-refractivity contribution in [2.45, 2.75) is 6.42 Å². The molecule has 0 unspecified atom stereocenters. The predicted octanol–water partition coefficient (Wildman–Crippen LogP) is 2.57. The lowest BCUT2D eigenvalue weighted by molar-refractivity contribution is 0.0962. The van der Waals surface area contributed by atoms with E-state index in [1.165, 1.54) is 0 Å². The molecule has 0 spiro atoms. The van der Waals surface area contributed by atoms with Gasteiger partial charge in [0.1, 0.15) is 5.75 Å². The molecule has 0 aliphatic heterocycles. The van der Waals surface area contributed by atoms with Crippen molar-refractivity contribution in [1.82, 2.24) is 5.32 Å². The van der Waals surface area contributed by atoms with Gasteiger partial charge in [0.25, 0.3) is 5.91 Å². The number of benzene rings is 2. The molecule has 0 saturated heterocycles. The van der Waals surface area contributed by atoms with Gasteiger partial charge in [-0.2, -0.15) is 0 Å². The van der Waals surface area contributed by atoms with E-state index in [1.807, 2.05) is 0 Å². The van der Waals surface area contributed by atoms with E-state index in [-0.39, 0.29) is 17.4 Å². The molecule has 2 aromatic rings. The molecule has 1 aliphatic rings. The van der Waals surface area contributed by atoms with Gasteiger partial charge < -0.3 is 10.4 Å². The highest BCUT2D eigenvalue weighted by Crippen LogP contribution is 2.33. The second-order valence-corrected chi connectivity index (χ2v) is 5.18. The molecule has 0 saturated carbocycles. The number of Topliss-reactive ketones (excluding diaryl/α,β-unsaturated/α-hetero) is 1. The fourth-order valence-corrected chi connectivity index (χ4v) is 2.61. The lowest BCUT2D eigenvalue weighted by Crippen LogP contribution is -2.17. The summed E-state index contributed by atoms with van der Waals surface area (Å²) in [6.07, 6.45) is 2.23. The van der Waals surface area contributed by atoms with Crippen LogP contribution in [0.5, 0.6) is 5.75 Å². The summed E-state index contributed by atoms with van der Waals surface area (Å²) in [5.74, 6) is -0.0426. The maximum atomic E-state index is 12.3. The molecule has 110 valence electrons. The van der Waals surface area contributed by atoms with Gasteiger partial charge >= 0.3 is 0 Å². The summed E-state index contributed by atoms with van der Waals surface area (Å²) in [4.78, 5) is 23.8. The number of carbonyl (C=O) groups is 2. The largest absolute Gasteiger partial charge is 0.508 e. The number of fused-ring (bicyclic) bond motifs is 1. The third-order valence-electron chi connectivity index (χ3n) is 3.80. The highest BCUT2D eigenvalue weighted by Gasteiger charge is 2.26. The Hall–Kier alpha value is -2.88. The smallest absolute Gasteiger partial charge is 0.251 e. The van der Waals surface area contributed by atoms with Crippen molar-refractivity contribution in [3.05, 3.63) is 70.3 Å². The van der Waals surface area contributed by atoms with Crippen molar-refractivity contribution >= 4 is 17.8 Å². The molecule has 1 aliphatic carbocycles. The molecule has 4 heteroatoms. The van der Waals surface area contributed by atoms with Crippen LogP contribution in [0, 0.1) is 0 Å². The lowest BCUT2D eigenvalue weighted by atomic mass is 10.1. The first-order valence-electron chi connectivity index (χ1n) is 6.98. The van der Waals surface area contributed by atoms with Crippen LogP contribution in [0.4, 0.5) is 0 Å². The Bertz CT molecular complexity index is 788. The van der Waals surface area contributed by atoms with Crippen LogP contribution in [0.3, 0.4) is 0 Å². The van der Waals surface area contributed by atoms with Crippen molar-refractivity contribution in [2.75, 3.05) is 7.05 Å². The van der Waals surface area contributed by atoms with Crippen molar-refractivity contribution in [2.24, 2.45) is 0 Å². The highest BCUT2D eigenvalue weighted by molar-refractivity contribution is 6.16. The summed E-state index contributed by atoms with van der Waals surface area (Å²) in [6.45, 7) is 0. The number of amides is 1. The Morgan fingerprint density at radius 2 is 1.91 bits per heavy atom. The standard InChI is InChI=1S/C18H15NO3/c1-19-18(22)12-7-5-11(6-8-12)9-13-10-15-14(17(13)21)3-2-4-16(15)20/h2-9,20H,10H2,1H3,(H,19,22)/b13-9+. The van der Waals surface area contributed by atoms with Gasteiger partial charge in [0.2, 0.25) is 0 Å². The van der Waals surface area contributed by atoms with E-state index < -0.39 is 0 Å². The van der Waals surface area contributed by atoms with E-state index in [4.69, 9.17) is 0 Å². The van der Waals surface area contributed by atoms with Crippen LogP contribution in [-0.4, -0.2) is 23.8 Å². The van der Waals surface area contributed by atoms with Crippen LogP contribution in [0.25, 0.3) is 6.08 Å². The van der Waals surface area contributed by atoms with Gasteiger partial charge in [0, 0.05) is 35.7 Å². The molecule has 0 heterocycles. The van der Waals surface area contributed by atoms with Gasteiger partial charge in [-0.25, -0.2) is 0 Å². The zero-order valence-electron chi connectivity index (χ0n) is 12.1. The Labute approximate surface area is 128 Å². The molecule has 4 nitrogen and oxygen atoms in total. The van der Waals surface area contributed by atoms with E-state index in [1.54, 1.807) is 55.6 Å². The summed E-state index contributed by atoms with van der Waals surface area (Å²) in [5, 5.41) is 12.4. The number of hydrogen-bond donors (Lipinski definition) is 2. The van der Waals surface area contributed by atoms with Crippen molar-refractivity contribution < 1.29 is 14.7 Å². The minimum Gasteiger partial charge on any atom is -0.508 e. The van der Waals surface area contributed by atoms with E-state index in [2.05, 4.69) is 5.32 Å². The number of phenolic OH excluding ortho intramolecular Hbond substituents is 1. The third-order valence-corrected chi connectivity index (χ3v) is 3.80. The molecule has 0 atom stereocenters. The van der Waals surface area contributed by atoms with Gasteiger partial charge in [-0.15, -0.1) is 0 Å². The molecule has 1 amide bonds. The number of phenols is 1. The molecule has 0 radical (unpaired) electrons. The Balaban J connectivity index is 1.90. The molecule has 22 heavy (non-hydrogen) atoms. The maximum absolute atomic E-state index is 12.3. The fraction of sp³-hybridized carbons (Fsp3) is 0.111. The van der Waals surface area contributed by atoms with E-state index in [9.17, 15) is 14.7 Å². The molecule has 3 rings (SSSR count). The molecule has 2 N–H and O–H groups in total. The Morgan fingerprint density at radius 3 is 2.55 bits per heavy atom. The second kappa shape index (κ2) is 5.48. The summed E-state index contributed by atoms with van der Waals surface area (Å²) in [7, 11) is 1.58. The monoisotopic (exact) mass is 293 g/mol. The molecular weight excluding hydrogens is 278 g/mol. The number of aromatic hydroxyl groups is 1. The van der Waals surface area contributed by atoms with Gasteiger partial charge in [-0.05, 0) is 29.8 Å². The van der Waals surface area contributed by atoms with E-state index in [0.717, 1.165) is 5.56 Å². The normalized spacial score (nSPS) is 15.0. The average molecular weight is 293 g/mol. The Kier molecular flexibility index (Phi) is 3.51. The number of nitrogens with one attached hydrogen (secondary N) is 1. The summed E-state index contributed by atoms with van der Waals surface area (Å²) >= 11 is 0. The zero-order chi connectivity index (χ0) is 15.7. The first-order valence-corrected chi connectivity index (χ1v) is 6.98. The third kappa shape index (κ3) is 2.39. The first kappa shape index (κ1) is 14.1. The van der Waals surface area contributed by atoms with E-state index in [0.29, 0.717) is 28.7 Å². The number of allylic oxidation sites excluding steroid dienone is 1. The summed E-state index contributed by atoms with van der Waals surface area (Å²) < 4.78 is 0. The van der Waals surface area contributed by atoms with Gasteiger partial charge in [0.05, 0.1) is 0 Å². The molecule has 0 aromatic heterocycles. The molecule has 0 fully saturated rings. The maximum Gasteiger partial charge on any atom is 0.251 e. The number of ketones is 1. The van der Waals surface area contributed by atoms with Gasteiger partial charge in [0.15, 0.2) is 5.78 Å². The van der Waals surface area contributed by atoms with Gasteiger partial charge in [-0.1, -0.05) is 24.3 Å². The molecular formula is C18H15NO3. The van der Waals surface area contributed by atoms with E-state index >= 15 is 0 Å².